The normalized spacial score (nSPS) is 10.3. The number of carboxylic acids is 1. The highest BCUT2D eigenvalue weighted by molar-refractivity contribution is 7.11. The number of aromatic nitrogens is 1. The number of carboxylic acid groups (broad SMARTS) is 1. The van der Waals surface area contributed by atoms with Crippen LogP contribution in [0.2, 0.25) is 5.02 Å². The maximum absolute atomic E-state index is 10.7. The number of hydrogen-bond acceptors (Lipinski definition) is 4. The Kier molecular flexibility index (Phi) is 3.84. The maximum atomic E-state index is 10.7. The molecule has 0 spiro atoms. The summed E-state index contributed by atoms with van der Waals surface area (Å²) in [5.41, 5.74) is 1.53. The molecule has 2 aromatic rings. The van der Waals surface area contributed by atoms with E-state index in [1.54, 1.807) is 23.6 Å². The van der Waals surface area contributed by atoms with Gasteiger partial charge >= 0.3 is 5.97 Å². The molecule has 0 atom stereocenters. The van der Waals surface area contributed by atoms with Crippen LogP contribution in [-0.2, 0) is 6.61 Å². The van der Waals surface area contributed by atoms with Gasteiger partial charge in [0, 0.05) is 10.4 Å². The summed E-state index contributed by atoms with van der Waals surface area (Å²) in [6.45, 7) is 2.14. The van der Waals surface area contributed by atoms with E-state index in [2.05, 4.69) is 4.98 Å². The molecule has 1 aromatic heterocycles. The molecular weight excluding hydrogens is 274 g/mol. The lowest BCUT2D eigenvalue weighted by molar-refractivity contribution is 0.0696. The number of aryl methyl sites for hydroxylation is 1. The number of nitrogens with zero attached hydrogens (tertiary/aromatic N) is 1. The van der Waals surface area contributed by atoms with Crippen molar-refractivity contribution in [3.05, 3.63) is 44.9 Å². The Morgan fingerprint density at radius 2 is 2.33 bits per heavy atom. The van der Waals surface area contributed by atoms with Crippen LogP contribution < -0.4 is 4.74 Å². The summed E-state index contributed by atoms with van der Waals surface area (Å²) in [5.74, 6) is -0.307. The van der Waals surface area contributed by atoms with E-state index in [1.807, 2.05) is 6.92 Å². The van der Waals surface area contributed by atoms with E-state index in [0.29, 0.717) is 16.5 Å². The van der Waals surface area contributed by atoms with E-state index in [4.69, 9.17) is 21.4 Å². The molecule has 0 saturated carbocycles. The summed E-state index contributed by atoms with van der Waals surface area (Å²) in [5, 5.41) is 11.2. The number of aromatic carboxylic acids is 1. The Bertz CT molecular complexity index is 582. The maximum Gasteiger partial charge on any atom is 0.365 e. The summed E-state index contributed by atoms with van der Waals surface area (Å²) >= 11 is 6.93. The predicted octanol–water partition coefficient (Wildman–Crippen LogP) is 3.38. The van der Waals surface area contributed by atoms with Gasteiger partial charge in [-0.15, -0.1) is 11.3 Å². The van der Waals surface area contributed by atoms with Gasteiger partial charge in [0.1, 0.15) is 12.4 Å². The topological polar surface area (TPSA) is 59.4 Å². The molecule has 0 fully saturated rings. The molecule has 0 radical (unpaired) electrons. The smallest absolute Gasteiger partial charge is 0.365 e. The first-order chi connectivity index (χ1) is 8.56. The van der Waals surface area contributed by atoms with Crippen LogP contribution in [0.1, 0.15) is 21.1 Å². The second-order valence-electron chi connectivity index (χ2n) is 3.65. The van der Waals surface area contributed by atoms with Crippen molar-refractivity contribution in [2.75, 3.05) is 0 Å². The van der Waals surface area contributed by atoms with E-state index < -0.39 is 5.97 Å². The highest BCUT2D eigenvalue weighted by Gasteiger charge is 2.09. The van der Waals surface area contributed by atoms with Crippen LogP contribution in [0, 0.1) is 6.92 Å². The molecule has 1 aromatic carbocycles. The second-order valence-corrected chi connectivity index (χ2v) is 4.94. The minimum atomic E-state index is -1.02. The fraction of sp³-hybridized carbons (Fsp3) is 0.167. The molecule has 0 unspecified atom stereocenters. The minimum absolute atomic E-state index is 0.0708. The molecule has 1 N–H and O–H groups in total. The third-order valence-electron chi connectivity index (χ3n) is 2.25. The Labute approximate surface area is 113 Å². The van der Waals surface area contributed by atoms with E-state index in [-0.39, 0.29) is 11.6 Å². The molecule has 2 rings (SSSR count). The Morgan fingerprint density at radius 1 is 1.56 bits per heavy atom. The van der Waals surface area contributed by atoms with Gasteiger partial charge in [-0.25, -0.2) is 9.78 Å². The lowest BCUT2D eigenvalue weighted by Gasteiger charge is -2.07. The van der Waals surface area contributed by atoms with Gasteiger partial charge in [-0.3, -0.25) is 0 Å². The summed E-state index contributed by atoms with van der Waals surface area (Å²) in [7, 11) is 0. The van der Waals surface area contributed by atoms with Gasteiger partial charge < -0.3 is 9.84 Å². The fourth-order valence-corrected chi connectivity index (χ4v) is 2.26. The summed E-state index contributed by atoms with van der Waals surface area (Å²) in [4.78, 5) is 14.6. The molecule has 94 valence electrons. The average molecular weight is 284 g/mol. The van der Waals surface area contributed by atoms with E-state index in [0.717, 1.165) is 16.9 Å². The largest absolute Gasteiger partial charge is 0.487 e. The van der Waals surface area contributed by atoms with Crippen LogP contribution in [0.4, 0.5) is 0 Å². The number of hydrogen-bond donors (Lipinski definition) is 1. The van der Waals surface area contributed by atoms with E-state index in [9.17, 15) is 4.79 Å². The van der Waals surface area contributed by atoms with Gasteiger partial charge in [-0.2, -0.15) is 0 Å². The predicted molar refractivity (Wildman–Crippen MR) is 69.6 cm³/mol. The van der Waals surface area contributed by atoms with E-state index >= 15 is 0 Å². The zero-order valence-electron chi connectivity index (χ0n) is 9.51. The van der Waals surface area contributed by atoms with Gasteiger partial charge in [0.05, 0.1) is 5.69 Å². The fourth-order valence-electron chi connectivity index (χ4n) is 1.40. The van der Waals surface area contributed by atoms with Gasteiger partial charge in [-0.1, -0.05) is 11.6 Å². The molecule has 0 bridgehead atoms. The Hall–Kier alpha value is -1.59. The van der Waals surface area contributed by atoms with Crippen molar-refractivity contribution in [3.8, 4) is 5.75 Å². The number of halogens is 1. The van der Waals surface area contributed by atoms with Crippen LogP contribution >= 0.6 is 22.9 Å². The molecular formula is C12H10ClNO3S. The molecule has 18 heavy (non-hydrogen) atoms. The third-order valence-corrected chi connectivity index (χ3v) is 3.36. The quantitative estimate of drug-likeness (QED) is 0.934. The lowest BCUT2D eigenvalue weighted by atomic mass is 10.2. The molecule has 4 nitrogen and oxygen atoms in total. The summed E-state index contributed by atoms with van der Waals surface area (Å²) in [6.07, 6.45) is 0. The van der Waals surface area contributed by atoms with Gasteiger partial charge in [-0.05, 0) is 30.7 Å². The molecule has 1 heterocycles. The van der Waals surface area contributed by atoms with Crippen molar-refractivity contribution < 1.29 is 14.6 Å². The molecule has 0 saturated heterocycles. The number of rotatable bonds is 4. The number of ether oxygens (including phenoxy) is 1. The Balaban J connectivity index is 2.04. The first-order valence-electron chi connectivity index (χ1n) is 5.13. The zero-order chi connectivity index (χ0) is 13.1. The third kappa shape index (κ3) is 3.00. The minimum Gasteiger partial charge on any atom is -0.487 e. The van der Waals surface area contributed by atoms with Crippen LogP contribution in [0.5, 0.6) is 5.75 Å². The summed E-state index contributed by atoms with van der Waals surface area (Å²) < 4.78 is 5.56. The Morgan fingerprint density at radius 3 is 2.94 bits per heavy atom. The van der Waals surface area contributed by atoms with Crippen molar-refractivity contribution in [2.24, 2.45) is 0 Å². The molecule has 0 aliphatic carbocycles. The zero-order valence-corrected chi connectivity index (χ0v) is 11.1. The van der Waals surface area contributed by atoms with Crippen LogP contribution in [0.25, 0.3) is 0 Å². The number of benzene rings is 1. The first kappa shape index (κ1) is 12.9. The van der Waals surface area contributed by atoms with Gasteiger partial charge in [0.25, 0.3) is 0 Å². The SMILES string of the molecule is Cc1cc(Cl)ccc1OCc1csc(C(=O)O)n1. The molecule has 0 aliphatic heterocycles. The standard InChI is InChI=1S/C12H10ClNO3S/c1-7-4-8(13)2-3-10(7)17-5-9-6-18-11(14-9)12(15)16/h2-4,6H,5H2,1H3,(H,15,16). The molecule has 0 amide bonds. The van der Waals surface area contributed by atoms with Crippen LogP contribution in [0.15, 0.2) is 23.6 Å². The van der Waals surface area contributed by atoms with Crippen LogP contribution in [0.3, 0.4) is 0 Å². The van der Waals surface area contributed by atoms with Crippen LogP contribution in [-0.4, -0.2) is 16.1 Å². The van der Waals surface area contributed by atoms with Crippen molar-refractivity contribution in [3.63, 3.8) is 0 Å². The van der Waals surface area contributed by atoms with Crippen molar-refractivity contribution >= 4 is 28.9 Å². The second kappa shape index (κ2) is 5.37. The first-order valence-corrected chi connectivity index (χ1v) is 6.38. The van der Waals surface area contributed by atoms with Gasteiger partial charge in [0.2, 0.25) is 5.01 Å². The highest BCUT2D eigenvalue weighted by atomic mass is 35.5. The van der Waals surface area contributed by atoms with Crippen molar-refractivity contribution in [2.45, 2.75) is 13.5 Å². The molecule has 0 aliphatic rings. The average Bonchev–Trinajstić information content (AvgIpc) is 2.76. The highest BCUT2D eigenvalue weighted by Crippen LogP contribution is 2.23. The van der Waals surface area contributed by atoms with Crippen molar-refractivity contribution in [1.82, 2.24) is 4.98 Å². The van der Waals surface area contributed by atoms with E-state index in [1.165, 1.54) is 0 Å². The molecule has 6 heteroatoms. The summed E-state index contributed by atoms with van der Waals surface area (Å²) in [6, 6.07) is 5.33. The lowest BCUT2D eigenvalue weighted by Crippen LogP contribution is -1.99. The number of thiazole rings is 1. The van der Waals surface area contributed by atoms with Crippen molar-refractivity contribution in [1.29, 1.82) is 0 Å². The number of carbonyl (C=O) groups is 1. The van der Waals surface area contributed by atoms with Gasteiger partial charge in [0.15, 0.2) is 0 Å². The monoisotopic (exact) mass is 283 g/mol.